The fourth-order valence-electron chi connectivity index (χ4n) is 2.59. The Bertz CT molecular complexity index is 1170. The zero-order valence-corrected chi connectivity index (χ0v) is 17.2. The van der Waals surface area contributed by atoms with Crippen molar-refractivity contribution >= 4 is 39.1 Å². The van der Waals surface area contributed by atoms with E-state index in [-0.39, 0.29) is 0 Å². The normalized spacial score (nSPS) is 10.8. The summed E-state index contributed by atoms with van der Waals surface area (Å²) < 4.78 is 2.30. The maximum Gasteiger partial charge on any atom is 0.209 e. The molecule has 0 unspecified atom stereocenters. The van der Waals surface area contributed by atoms with Crippen LogP contribution >= 0.6 is 39.1 Å². The van der Waals surface area contributed by atoms with E-state index in [4.69, 9.17) is 28.5 Å². The van der Waals surface area contributed by atoms with Crippen LogP contribution in [0.5, 0.6) is 0 Å². The van der Waals surface area contributed by atoms with E-state index in [1.165, 1.54) is 4.80 Å². The molecule has 0 aliphatic carbocycles. The zero-order chi connectivity index (χ0) is 19.7. The second kappa shape index (κ2) is 7.72. The van der Waals surface area contributed by atoms with Gasteiger partial charge in [-0.1, -0.05) is 35.3 Å². The Morgan fingerprint density at radius 1 is 1.07 bits per heavy atom. The smallest absolute Gasteiger partial charge is 0.209 e. The minimum absolute atomic E-state index is 0.430. The van der Waals surface area contributed by atoms with Gasteiger partial charge in [-0.15, -0.1) is 10.2 Å². The first-order chi connectivity index (χ1) is 13.5. The van der Waals surface area contributed by atoms with Gasteiger partial charge < -0.3 is 0 Å². The van der Waals surface area contributed by atoms with Crippen molar-refractivity contribution in [3.63, 3.8) is 0 Å². The van der Waals surface area contributed by atoms with E-state index in [2.05, 4.69) is 42.5 Å². The molecule has 4 rings (SSSR count). The molecule has 0 atom stereocenters. The van der Waals surface area contributed by atoms with Gasteiger partial charge in [-0.2, -0.15) is 15.2 Å². The van der Waals surface area contributed by atoms with Gasteiger partial charge in [0.05, 0.1) is 35.6 Å². The average Bonchev–Trinajstić information content (AvgIpc) is 3.28. The second-order valence-corrected chi connectivity index (χ2v) is 7.46. The van der Waals surface area contributed by atoms with Crippen LogP contribution in [0.2, 0.25) is 10.0 Å². The molecule has 0 saturated carbocycles. The number of halogens is 3. The SMILES string of the molecule is N#Cc1ccc(Cn2nnc(-c3cnn(-c4cc(Cl)cc(Cl)c4)c3Br)n2)cc1. The van der Waals surface area contributed by atoms with Gasteiger partial charge in [0.25, 0.3) is 0 Å². The summed E-state index contributed by atoms with van der Waals surface area (Å²) in [4.78, 5) is 1.48. The average molecular weight is 475 g/mol. The van der Waals surface area contributed by atoms with Crippen molar-refractivity contribution in [1.29, 1.82) is 5.26 Å². The maximum absolute atomic E-state index is 8.87. The van der Waals surface area contributed by atoms with Crippen LogP contribution < -0.4 is 0 Å². The molecule has 138 valence electrons. The lowest BCUT2D eigenvalue weighted by atomic mass is 10.1. The van der Waals surface area contributed by atoms with Gasteiger partial charge in [-0.3, -0.25) is 0 Å². The fourth-order valence-corrected chi connectivity index (χ4v) is 3.68. The van der Waals surface area contributed by atoms with Gasteiger partial charge >= 0.3 is 0 Å². The van der Waals surface area contributed by atoms with Crippen LogP contribution in [0.25, 0.3) is 17.1 Å². The molecule has 0 aliphatic heterocycles. The number of hydrogen-bond acceptors (Lipinski definition) is 5. The van der Waals surface area contributed by atoms with Crippen LogP contribution in [-0.4, -0.2) is 30.0 Å². The van der Waals surface area contributed by atoms with Gasteiger partial charge in [-0.05, 0) is 57.0 Å². The molecule has 7 nitrogen and oxygen atoms in total. The van der Waals surface area contributed by atoms with Crippen LogP contribution in [0, 0.1) is 11.3 Å². The molecule has 0 amide bonds. The molecule has 0 fully saturated rings. The molecular weight excluding hydrogens is 465 g/mol. The topological polar surface area (TPSA) is 85.2 Å². The predicted octanol–water partition coefficient (Wildman–Crippen LogP) is 4.52. The molecule has 0 N–H and O–H groups in total. The molecule has 2 heterocycles. The fraction of sp³-hybridized carbons (Fsp3) is 0.0556. The molecule has 0 saturated heterocycles. The number of nitriles is 1. The number of rotatable bonds is 4. The Labute approximate surface area is 178 Å². The minimum Gasteiger partial charge on any atom is -0.226 e. The van der Waals surface area contributed by atoms with Crippen molar-refractivity contribution < 1.29 is 0 Å². The summed E-state index contributed by atoms with van der Waals surface area (Å²) in [6.45, 7) is 0.439. The third-order valence-electron chi connectivity index (χ3n) is 3.90. The van der Waals surface area contributed by atoms with E-state index in [0.717, 1.165) is 5.56 Å². The molecular formula is C18H10BrCl2N7. The summed E-state index contributed by atoms with van der Waals surface area (Å²) in [5.41, 5.74) is 2.96. The highest BCUT2D eigenvalue weighted by molar-refractivity contribution is 9.10. The van der Waals surface area contributed by atoms with Crippen molar-refractivity contribution in [3.8, 4) is 23.1 Å². The molecule has 2 aromatic carbocycles. The van der Waals surface area contributed by atoms with Crippen molar-refractivity contribution in [2.75, 3.05) is 0 Å². The van der Waals surface area contributed by atoms with Crippen LogP contribution in [-0.2, 0) is 6.54 Å². The lowest BCUT2D eigenvalue weighted by molar-refractivity contribution is 0.573. The highest BCUT2D eigenvalue weighted by Gasteiger charge is 2.16. The van der Waals surface area contributed by atoms with Crippen LogP contribution in [0.4, 0.5) is 0 Å². The van der Waals surface area contributed by atoms with E-state index in [9.17, 15) is 0 Å². The largest absolute Gasteiger partial charge is 0.226 e. The molecule has 2 aromatic heterocycles. The Morgan fingerprint density at radius 2 is 1.79 bits per heavy atom. The number of hydrogen-bond donors (Lipinski definition) is 0. The van der Waals surface area contributed by atoms with E-state index >= 15 is 0 Å². The van der Waals surface area contributed by atoms with E-state index in [0.29, 0.717) is 43.8 Å². The Hall–Kier alpha value is -2.73. The summed E-state index contributed by atoms with van der Waals surface area (Å²) in [5.74, 6) is 0.430. The Kier molecular flexibility index (Phi) is 5.13. The van der Waals surface area contributed by atoms with E-state index < -0.39 is 0 Å². The van der Waals surface area contributed by atoms with Gasteiger partial charge in [0.2, 0.25) is 5.82 Å². The highest BCUT2D eigenvalue weighted by Crippen LogP contribution is 2.29. The monoisotopic (exact) mass is 473 g/mol. The van der Waals surface area contributed by atoms with Crippen molar-refractivity contribution in [3.05, 3.63) is 74.4 Å². The maximum atomic E-state index is 8.87. The predicted molar refractivity (Wildman–Crippen MR) is 108 cm³/mol. The molecule has 4 aromatic rings. The summed E-state index contributed by atoms with van der Waals surface area (Å²) in [6, 6.07) is 14.5. The quantitative estimate of drug-likeness (QED) is 0.434. The standard InChI is InChI=1S/C18H10BrCl2N7/c19-17-16(9-23-28(17)15-6-13(20)5-14(21)7-15)18-24-26-27(25-18)10-12-3-1-11(8-22)2-4-12/h1-7,9H,10H2. The summed E-state index contributed by atoms with van der Waals surface area (Å²) in [6.07, 6.45) is 1.64. The lowest BCUT2D eigenvalue weighted by Gasteiger charge is -2.05. The summed E-state index contributed by atoms with van der Waals surface area (Å²) in [7, 11) is 0. The van der Waals surface area contributed by atoms with Crippen molar-refractivity contribution in [2.24, 2.45) is 0 Å². The number of benzene rings is 2. The highest BCUT2D eigenvalue weighted by atomic mass is 79.9. The van der Waals surface area contributed by atoms with Crippen LogP contribution in [0.1, 0.15) is 11.1 Å². The molecule has 10 heteroatoms. The molecule has 0 bridgehead atoms. The third-order valence-corrected chi connectivity index (χ3v) is 5.10. The minimum atomic E-state index is 0.430. The first-order valence-corrected chi connectivity index (χ1v) is 9.55. The van der Waals surface area contributed by atoms with Gasteiger partial charge in [0, 0.05) is 10.0 Å². The second-order valence-electron chi connectivity index (χ2n) is 5.84. The molecule has 0 spiro atoms. The first-order valence-electron chi connectivity index (χ1n) is 8.01. The van der Waals surface area contributed by atoms with Crippen LogP contribution in [0.15, 0.2) is 53.3 Å². The Morgan fingerprint density at radius 3 is 2.46 bits per heavy atom. The number of tetrazole rings is 1. The van der Waals surface area contributed by atoms with E-state index in [1.54, 1.807) is 41.2 Å². The summed E-state index contributed by atoms with van der Waals surface area (Å²) >= 11 is 15.7. The van der Waals surface area contributed by atoms with Crippen LogP contribution in [0.3, 0.4) is 0 Å². The van der Waals surface area contributed by atoms with Crippen molar-refractivity contribution in [2.45, 2.75) is 6.54 Å². The van der Waals surface area contributed by atoms with Gasteiger partial charge in [0.1, 0.15) is 4.60 Å². The summed E-state index contributed by atoms with van der Waals surface area (Å²) in [5, 5.41) is 26.9. The first kappa shape index (κ1) is 18.6. The number of nitrogens with zero attached hydrogens (tertiary/aromatic N) is 7. The zero-order valence-electron chi connectivity index (χ0n) is 14.1. The molecule has 28 heavy (non-hydrogen) atoms. The number of aromatic nitrogens is 6. The van der Waals surface area contributed by atoms with Crippen molar-refractivity contribution in [1.82, 2.24) is 30.0 Å². The lowest BCUT2D eigenvalue weighted by Crippen LogP contribution is -2.04. The van der Waals surface area contributed by atoms with Gasteiger partial charge in [-0.25, -0.2) is 4.68 Å². The molecule has 0 aliphatic rings. The van der Waals surface area contributed by atoms with E-state index in [1.807, 2.05) is 12.1 Å². The Balaban J connectivity index is 1.60. The third kappa shape index (κ3) is 3.78. The van der Waals surface area contributed by atoms with Gasteiger partial charge in [0.15, 0.2) is 0 Å². The molecule has 0 radical (unpaired) electrons.